The van der Waals surface area contributed by atoms with Crippen molar-refractivity contribution >= 4 is 10.0 Å². The van der Waals surface area contributed by atoms with Gasteiger partial charge < -0.3 is 0 Å². The predicted molar refractivity (Wildman–Crippen MR) is 69.3 cm³/mol. The maximum atomic E-state index is 13.8. The third-order valence-electron chi connectivity index (χ3n) is 3.40. The first-order valence-corrected chi connectivity index (χ1v) is 7.96. The summed E-state index contributed by atoms with van der Waals surface area (Å²) in [5.74, 6) is -0.177. The Morgan fingerprint density at radius 2 is 2.17 bits per heavy atom. The molecule has 0 radical (unpaired) electrons. The highest BCUT2D eigenvalue weighted by Gasteiger charge is 2.24. The molecule has 2 rings (SSSR count). The number of benzene rings is 1. The number of nitrogens with one attached hydrogen (secondary N) is 1. The van der Waals surface area contributed by atoms with Crippen molar-refractivity contribution in [2.45, 2.75) is 38.6 Å². The highest BCUT2D eigenvalue weighted by Crippen LogP contribution is 2.30. The zero-order valence-electron chi connectivity index (χ0n) is 10.4. The van der Waals surface area contributed by atoms with E-state index in [0.717, 1.165) is 24.8 Å². The molecule has 100 valence electrons. The van der Waals surface area contributed by atoms with Crippen LogP contribution in [-0.4, -0.2) is 14.2 Å². The van der Waals surface area contributed by atoms with Crippen LogP contribution in [0.5, 0.6) is 0 Å². The first-order chi connectivity index (χ1) is 8.53. The van der Waals surface area contributed by atoms with Gasteiger partial charge in [0.15, 0.2) is 0 Å². The maximum absolute atomic E-state index is 13.8. The topological polar surface area (TPSA) is 46.2 Å². The van der Waals surface area contributed by atoms with E-state index in [4.69, 9.17) is 0 Å². The van der Waals surface area contributed by atoms with Gasteiger partial charge in [0.2, 0.25) is 10.0 Å². The fourth-order valence-electron chi connectivity index (χ4n) is 2.39. The molecular formula is C13H18FNO2S. The lowest BCUT2D eigenvalue weighted by Crippen LogP contribution is -2.30. The van der Waals surface area contributed by atoms with E-state index < -0.39 is 10.0 Å². The molecule has 18 heavy (non-hydrogen) atoms. The molecule has 0 spiro atoms. The van der Waals surface area contributed by atoms with Crippen LogP contribution in [0, 0.1) is 5.82 Å². The molecule has 1 aromatic carbocycles. The Labute approximate surface area is 107 Å². The van der Waals surface area contributed by atoms with Gasteiger partial charge in [-0.15, -0.1) is 0 Å². The van der Waals surface area contributed by atoms with Crippen LogP contribution in [0.25, 0.3) is 0 Å². The Balaban J connectivity index is 2.36. The Hall–Kier alpha value is -0.940. The predicted octanol–water partition coefficient (Wildman–Crippen LogP) is 2.53. The Bertz CT molecular complexity index is 528. The summed E-state index contributed by atoms with van der Waals surface area (Å²) < 4.78 is 39.8. The van der Waals surface area contributed by atoms with Gasteiger partial charge >= 0.3 is 0 Å². The van der Waals surface area contributed by atoms with Gasteiger partial charge in [-0.1, -0.05) is 18.6 Å². The second kappa shape index (κ2) is 5.36. The third-order valence-corrected chi connectivity index (χ3v) is 4.81. The second-order valence-corrected chi connectivity index (χ2v) is 6.67. The smallest absolute Gasteiger partial charge is 0.211 e. The van der Waals surface area contributed by atoms with Crippen molar-refractivity contribution in [3.63, 3.8) is 0 Å². The number of halogens is 1. The largest absolute Gasteiger partial charge is 0.212 e. The van der Waals surface area contributed by atoms with Crippen molar-refractivity contribution in [2.75, 3.05) is 5.75 Å². The van der Waals surface area contributed by atoms with E-state index in [1.807, 2.05) is 6.07 Å². The summed E-state index contributed by atoms with van der Waals surface area (Å²) >= 11 is 0. The van der Waals surface area contributed by atoms with Crippen LogP contribution in [0.15, 0.2) is 18.2 Å². The Kier molecular flexibility index (Phi) is 4.02. The van der Waals surface area contributed by atoms with Crippen LogP contribution in [0.1, 0.15) is 43.4 Å². The lowest BCUT2D eigenvalue weighted by Gasteiger charge is -2.19. The normalized spacial score (nSPS) is 20.2. The lowest BCUT2D eigenvalue weighted by molar-refractivity contribution is 0.532. The van der Waals surface area contributed by atoms with Gasteiger partial charge in [0.1, 0.15) is 5.82 Å². The number of fused-ring (bicyclic) bond motifs is 1. The van der Waals surface area contributed by atoms with Crippen LogP contribution >= 0.6 is 0 Å². The van der Waals surface area contributed by atoms with Crippen molar-refractivity contribution < 1.29 is 12.8 Å². The highest BCUT2D eigenvalue weighted by atomic mass is 32.2. The van der Waals surface area contributed by atoms with Crippen LogP contribution < -0.4 is 4.72 Å². The molecule has 0 amide bonds. The van der Waals surface area contributed by atoms with E-state index in [2.05, 4.69) is 4.72 Å². The zero-order chi connectivity index (χ0) is 13.2. The molecule has 0 aliphatic heterocycles. The molecule has 5 heteroatoms. The first-order valence-electron chi connectivity index (χ1n) is 6.31. The fraction of sp³-hybridized carbons (Fsp3) is 0.538. The van der Waals surface area contributed by atoms with Crippen molar-refractivity contribution in [3.8, 4) is 0 Å². The van der Waals surface area contributed by atoms with Crippen molar-refractivity contribution in [3.05, 3.63) is 35.1 Å². The number of sulfonamides is 1. The van der Waals surface area contributed by atoms with Crippen molar-refractivity contribution in [2.24, 2.45) is 0 Å². The molecule has 1 atom stereocenters. The minimum absolute atomic E-state index is 0.0498. The molecule has 0 saturated carbocycles. The minimum atomic E-state index is -3.26. The summed E-state index contributed by atoms with van der Waals surface area (Å²) in [6.07, 6.45) is 3.23. The average molecular weight is 271 g/mol. The third kappa shape index (κ3) is 2.90. The summed E-state index contributed by atoms with van der Waals surface area (Å²) in [6, 6.07) is 4.62. The minimum Gasteiger partial charge on any atom is -0.212 e. The van der Waals surface area contributed by atoms with Gasteiger partial charge in [-0.3, -0.25) is 0 Å². The van der Waals surface area contributed by atoms with Gasteiger partial charge in [-0.2, -0.15) is 0 Å². The number of rotatable bonds is 3. The van der Waals surface area contributed by atoms with Crippen LogP contribution in [0.2, 0.25) is 0 Å². The molecule has 1 N–H and O–H groups in total. The molecule has 1 aromatic rings. The molecule has 0 aromatic heterocycles. The van der Waals surface area contributed by atoms with Gasteiger partial charge in [-0.25, -0.2) is 17.5 Å². The second-order valence-electron chi connectivity index (χ2n) is 4.63. The van der Waals surface area contributed by atoms with Crippen molar-refractivity contribution in [1.82, 2.24) is 4.72 Å². The summed E-state index contributed by atoms with van der Waals surface area (Å²) in [7, 11) is -3.26. The molecule has 1 aliphatic rings. The Morgan fingerprint density at radius 1 is 1.39 bits per heavy atom. The SMILES string of the molecule is CCS(=O)(=O)NC1CCCCc2c(F)cccc21. The van der Waals surface area contributed by atoms with Gasteiger partial charge in [0.05, 0.1) is 5.75 Å². The summed E-state index contributed by atoms with van der Waals surface area (Å²) in [5.41, 5.74) is 1.46. The lowest BCUT2D eigenvalue weighted by atomic mass is 9.99. The molecule has 0 bridgehead atoms. The molecule has 0 fully saturated rings. The van der Waals surface area contributed by atoms with E-state index in [0.29, 0.717) is 12.0 Å². The van der Waals surface area contributed by atoms with Gasteiger partial charge in [0, 0.05) is 6.04 Å². The number of hydrogen-bond acceptors (Lipinski definition) is 2. The summed E-state index contributed by atoms with van der Waals surface area (Å²) in [5, 5.41) is 0. The maximum Gasteiger partial charge on any atom is 0.211 e. The average Bonchev–Trinajstić information content (AvgIpc) is 2.53. The van der Waals surface area contributed by atoms with Gasteiger partial charge in [-0.05, 0) is 43.4 Å². The highest BCUT2D eigenvalue weighted by molar-refractivity contribution is 7.89. The van der Waals surface area contributed by atoms with E-state index in [1.54, 1.807) is 13.0 Å². The van der Waals surface area contributed by atoms with E-state index >= 15 is 0 Å². The summed E-state index contributed by atoms with van der Waals surface area (Å²) in [6.45, 7) is 1.60. The molecule has 0 heterocycles. The first kappa shape index (κ1) is 13.5. The standard InChI is InChI=1S/C13H18FNO2S/c1-2-18(16,17)15-13-9-4-3-6-10-11(13)7-5-8-12(10)14/h5,7-8,13,15H,2-4,6,9H2,1H3. The van der Waals surface area contributed by atoms with Crippen molar-refractivity contribution in [1.29, 1.82) is 0 Å². The van der Waals surface area contributed by atoms with E-state index in [1.165, 1.54) is 6.07 Å². The molecule has 1 aliphatic carbocycles. The van der Waals surface area contributed by atoms with Crippen LogP contribution in [-0.2, 0) is 16.4 Å². The number of hydrogen-bond donors (Lipinski definition) is 1. The fourth-order valence-corrected chi connectivity index (χ4v) is 3.24. The summed E-state index contributed by atoms with van der Waals surface area (Å²) in [4.78, 5) is 0. The quantitative estimate of drug-likeness (QED) is 0.859. The van der Waals surface area contributed by atoms with Crippen LogP contribution in [0.4, 0.5) is 4.39 Å². The molecule has 3 nitrogen and oxygen atoms in total. The van der Waals surface area contributed by atoms with Gasteiger partial charge in [0.25, 0.3) is 0 Å². The Morgan fingerprint density at radius 3 is 2.89 bits per heavy atom. The van der Waals surface area contributed by atoms with E-state index in [-0.39, 0.29) is 17.6 Å². The molecule has 0 saturated heterocycles. The zero-order valence-corrected chi connectivity index (χ0v) is 11.3. The monoisotopic (exact) mass is 271 g/mol. The van der Waals surface area contributed by atoms with E-state index in [9.17, 15) is 12.8 Å². The molecular weight excluding hydrogens is 253 g/mol. The molecule has 1 unspecified atom stereocenters. The van der Waals surface area contributed by atoms with Crippen LogP contribution in [0.3, 0.4) is 0 Å².